The molecule has 2 amide bonds. The molecule has 1 N–H and O–H groups in total. The lowest BCUT2D eigenvalue weighted by molar-refractivity contribution is -0.161. The van der Waals surface area contributed by atoms with Gasteiger partial charge in [0.2, 0.25) is 5.91 Å². The zero-order valence-electron chi connectivity index (χ0n) is 15.4. The van der Waals surface area contributed by atoms with Crippen LogP contribution in [0.4, 0.5) is 15.8 Å². The van der Waals surface area contributed by atoms with Gasteiger partial charge >= 0.3 is 5.97 Å². The quantitative estimate of drug-likeness (QED) is 0.798. The molecule has 2 aromatic rings. The van der Waals surface area contributed by atoms with Crippen LogP contribution in [-0.2, 0) is 19.1 Å². The third kappa shape index (κ3) is 4.28. The number of fused-ring (bicyclic) bond motifs is 1. The third-order valence-corrected chi connectivity index (χ3v) is 4.08. The van der Waals surface area contributed by atoms with Crippen LogP contribution >= 0.6 is 0 Å². The van der Waals surface area contributed by atoms with Crippen molar-refractivity contribution in [1.29, 1.82) is 0 Å². The first-order valence-corrected chi connectivity index (χ1v) is 8.57. The monoisotopic (exact) mass is 386 g/mol. The number of ether oxygens (including phenoxy) is 2. The number of benzene rings is 2. The first-order valence-electron chi connectivity index (χ1n) is 8.57. The number of esters is 1. The van der Waals surface area contributed by atoms with Crippen molar-refractivity contribution in [3.8, 4) is 5.75 Å². The van der Waals surface area contributed by atoms with E-state index in [2.05, 4.69) is 5.32 Å². The maximum atomic E-state index is 13.0. The van der Waals surface area contributed by atoms with Crippen molar-refractivity contribution in [1.82, 2.24) is 0 Å². The van der Waals surface area contributed by atoms with Crippen molar-refractivity contribution >= 4 is 29.2 Å². The Hall–Kier alpha value is -3.42. The molecule has 0 atom stereocenters. The molecule has 0 spiro atoms. The zero-order valence-corrected chi connectivity index (χ0v) is 15.4. The standard InChI is InChI=1S/C20H19FN2O5/c1-20(2,28-14-9-7-13(21)8-10-14)19(26)27-12-18(25)23-11-17(24)22-15-5-3-4-6-16(15)23/h3-10H,11-12H2,1-2H3,(H,22,24). The second kappa shape index (κ2) is 7.67. The predicted octanol–water partition coefficient (Wildman–Crippen LogP) is 2.51. The lowest BCUT2D eigenvalue weighted by atomic mass is 10.1. The number of para-hydroxylation sites is 2. The van der Waals surface area contributed by atoms with Crippen LogP contribution in [0.3, 0.4) is 0 Å². The van der Waals surface area contributed by atoms with Gasteiger partial charge in [-0.2, -0.15) is 0 Å². The summed E-state index contributed by atoms with van der Waals surface area (Å²) in [5, 5.41) is 2.68. The van der Waals surface area contributed by atoms with E-state index in [1.54, 1.807) is 24.3 Å². The second-order valence-electron chi connectivity index (χ2n) is 6.69. The molecule has 1 aliphatic rings. The van der Waals surface area contributed by atoms with E-state index in [0.717, 1.165) is 0 Å². The highest BCUT2D eigenvalue weighted by atomic mass is 19.1. The van der Waals surface area contributed by atoms with Gasteiger partial charge in [-0.1, -0.05) is 12.1 Å². The Kier molecular flexibility index (Phi) is 5.30. The molecule has 8 heteroatoms. The lowest BCUT2D eigenvalue weighted by Gasteiger charge is -2.29. The van der Waals surface area contributed by atoms with Crippen molar-refractivity contribution in [2.75, 3.05) is 23.4 Å². The molecule has 0 bridgehead atoms. The molecule has 146 valence electrons. The summed E-state index contributed by atoms with van der Waals surface area (Å²) in [6, 6.07) is 12.0. The van der Waals surface area contributed by atoms with Gasteiger partial charge in [-0.25, -0.2) is 9.18 Å². The lowest BCUT2D eigenvalue weighted by Crippen LogP contribution is -2.46. The number of amides is 2. The Balaban J connectivity index is 1.63. The van der Waals surface area contributed by atoms with Crippen molar-refractivity contribution in [2.24, 2.45) is 0 Å². The molecule has 2 aromatic carbocycles. The number of anilines is 2. The van der Waals surface area contributed by atoms with Crippen LogP contribution in [0.25, 0.3) is 0 Å². The SMILES string of the molecule is CC(C)(Oc1ccc(F)cc1)C(=O)OCC(=O)N1CC(=O)Nc2ccccc21. The van der Waals surface area contributed by atoms with Gasteiger partial charge in [0.25, 0.3) is 5.91 Å². The largest absolute Gasteiger partial charge is 0.476 e. The molecule has 0 fully saturated rings. The minimum Gasteiger partial charge on any atom is -0.476 e. The summed E-state index contributed by atoms with van der Waals surface area (Å²) >= 11 is 0. The van der Waals surface area contributed by atoms with Gasteiger partial charge < -0.3 is 14.8 Å². The molecule has 0 saturated carbocycles. The molecular weight excluding hydrogens is 367 g/mol. The fraction of sp³-hybridized carbons (Fsp3) is 0.250. The Morgan fingerprint density at radius 1 is 1.14 bits per heavy atom. The van der Waals surface area contributed by atoms with Gasteiger partial charge in [0, 0.05) is 0 Å². The summed E-state index contributed by atoms with van der Waals surface area (Å²) < 4.78 is 23.6. The molecule has 1 heterocycles. The highest BCUT2D eigenvalue weighted by molar-refractivity contribution is 6.10. The van der Waals surface area contributed by atoms with Crippen molar-refractivity contribution < 1.29 is 28.2 Å². The number of carbonyl (C=O) groups is 3. The van der Waals surface area contributed by atoms with E-state index in [1.807, 2.05) is 0 Å². The zero-order chi connectivity index (χ0) is 20.3. The number of nitrogens with one attached hydrogen (secondary N) is 1. The Morgan fingerprint density at radius 2 is 1.82 bits per heavy atom. The molecule has 0 aromatic heterocycles. The average Bonchev–Trinajstić information content (AvgIpc) is 2.66. The van der Waals surface area contributed by atoms with Gasteiger partial charge in [-0.05, 0) is 50.2 Å². The Bertz CT molecular complexity index is 911. The summed E-state index contributed by atoms with van der Waals surface area (Å²) in [5.41, 5.74) is -0.349. The number of rotatable bonds is 5. The van der Waals surface area contributed by atoms with Crippen LogP contribution in [0.5, 0.6) is 5.75 Å². The summed E-state index contributed by atoms with van der Waals surface area (Å²) in [6.45, 7) is 2.25. The molecular formula is C20H19FN2O5. The molecule has 28 heavy (non-hydrogen) atoms. The fourth-order valence-electron chi connectivity index (χ4n) is 2.67. The van der Waals surface area contributed by atoms with Gasteiger partial charge in [-0.3, -0.25) is 14.5 Å². The first-order chi connectivity index (χ1) is 13.3. The number of hydrogen-bond donors (Lipinski definition) is 1. The minimum atomic E-state index is -1.39. The normalized spacial score (nSPS) is 13.4. The van der Waals surface area contributed by atoms with Crippen LogP contribution in [0, 0.1) is 5.82 Å². The van der Waals surface area contributed by atoms with E-state index >= 15 is 0 Å². The van der Waals surface area contributed by atoms with Crippen LogP contribution in [0.1, 0.15) is 13.8 Å². The van der Waals surface area contributed by atoms with E-state index in [4.69, 9.17) is 9.47 Å². The number of carbonyl (C=O) groups excluding carboxylic acids is 3. The number of hydrogen-bond acceptors (Lipinski definition) is 5. The summed E-state index contributed by atoms with van der Waals surface area (Å²) in [6.07, 6.45) is 0. The van der Waals surface area contributed by atoms with E-state index < -0.39 is 29.9 Å². The topological polar surface area (TPSA) is 84.9 Å². The van der Waals surface area contributed by atoms with Crippen molar-refractivity contribution in [3.63, 3.8) is 0 Å². The smallest absolute Gasteiger partial charge is 0.350 e. The first kappa shape index (κ1) is 19.3. The van der Waals surface area contributed by atoms with Gasteiger partial charge in [-0.15, -0.1) is 0 Å². The maximum Gasteiger partial charge on any atom is 0.350 e. The summed E-state index contributed by atoms with van der Waals surface area (Å²) in [7, 11) is 0. The van der Waals surface area contributed by atoms with E-state index in [1.165, 1.54) is 43.0 Å². The highest BCUT2D eigenvalue weighted by Gasteiger charge is 2.34. The Morgan fingerprint density at radius 3 is 2.54 bits per heavy atom. The van der Waals surface area contributed by atoms with E-state index in [0.29, 0.717) is 11.4 Å². The highest BCUT2D eigenvalue weighted by Crippen LogP contribution is 2.29. The summed E-state index contributed by atoms with van der Waals surface area (Å²) in [4.78, 5) is 37.9. The van der Waals surface area contributed by atoms with Crippen molar-refractivity contribution in [2.45, 2.75) is 19.4 Å². The van der Waals surface area contributed by atoms with Crippen LogP contribution in [0.2, 0.25) is 0 Å². The molecule has 0 radical (unpaired) electrons. The fourth-order valence-corrected chi connectivity index (χ4v) is 2.67. The molecule has 3 rings (SSSR count). The predicted molar refractivity (Wildman–Crippen MR) is 99.5 cm³/mol. The number of halogens is 1. The average molecular weight is 386 g/mol. The van der Waals surface area contributed by atoms with Crippen LogP contribution < -0.4 is 15.0 Å². The second-order valence-corrected chi connectivity index (χ2v) is 6.69. The minimum absolute atomic E-state index is 0.164. The maximum absolute atomic E-state index is 13.0. The molecule has 0 aliphatic carbocycles. The molecule has 1 aliphatic heterocycles. The van der Waals surface area contributed by atoms with E-state index in [-0.39, 0.29) is 18.2 Å². The van der Waals surface area contributed by atoms with E-state index in [9.17, 15) is 18.8 Å². The third-order valence-electron chi connectivity index (χ3n) is 4.08. The number of nitrogens with zero attached hydrogens (tertiary/aromatic N) is 1. The van der Waals surface area contributed by atoms with Gasteiger partial charge in [0.05, 0.1) is 11.4 Å². The summed E-state index contributed by atoms with van der Waals surface area (Å²) in [5.74, 6) is -1.77. The van der Waals surface area contributed by atoms with Crippen LogP contribution in [-0.4, -0.2) is 36.5 Å². The van der Waals surface area contributed by atoms with Gasteiger partial charge in [0.15, 0.2) is 12.2 Å². The van der Waals surface area contributed by atoms with Crippen molar-refractivity contribution in [3.05, 3.63) is 54.3 Å². The molecule has 0 saturated heterocycles. The Labute approximate surface area is 161 Å². The molecule has 7 nitrogen and oxygen atoms in total. The van der Waals surface area contributed by atoms with Crippen LogP contribution in [0.15, 0.2) is 48.5 Å². The molecule has 0 unspecified atom stereocenters. The van der Waals surface area contributed by atoms with Gasteiger partial charge in [0.1, 0.15) is 18.1 Å².